The van der Waals surface area contributed by atoms with Crippen LogP contribution in [0.5, 0.6) is 5.75 Å². The van der Waals surface area contributed by atoms with Crippen molar-refractivity contribution < 1.29 is 19.1 Å². The molecule has 8 nitrogen and oxygen atoms in total. The first kappa shape index (κ1) is 23.3. The number of nitrogens with zero attached hydrogens (tertiary/aromatic N) is 2. The number of nitrogens with one attached hydrogen (secondary N) is 1. The monoisotopic (exact) mass is 447 g/mol. The first-order valence-corrected chi connectivity index (χ1v) is 10.2. The molecule has 0 radical (unpaired) electrons. The Morgan fingerprint density at radius 3 is 2.45 bits per heavy atom. The lowest BCUT2D eigenvalue weighted by Gasteiger charge is -2.07. The number of para-hydroxylation sites is 1. The maximum Gasteiger partial charge on any atom is 0.331 e. The lowest BCUT2D eigenvalue weighted by molar-refractivity contribution is -0.142. The molecular weight excluding hydrogens is 422 g/mol. The number of hydrogen-bond acceptors (Lipinski definition) is 5. The third-order valence-corrected chi connectivity index (χ3v) is 4.82. The Labute approximate surface area is 191 Å². The number of carbonyl (C=O) groups excluding carboxylic acids is 2. The van der Waals surface area contributed by atoms with Crippen molar-refractivity contribution in [1.29, 1.82) is 0 Å². The van der Waals surface area contributed by atoms with Crippen LogP contribution in [0.3, 0.4) is 0 Å². The summed E-state index contributed by atoms with van der Waals surface area (Å²) in [4.78, 5) is 37.1. The molecule has 1 heterocycles. The number of anilines is 1. The van der Waals surface area contributed by atoms with Gasteiger partial charge in [-0.2, -0.15) is 0 Å². The van der Waals surface area contributed by atoms with Gasteiger partial charge in [-0.25, -0.2) is 9.48 Å². The number of esters is 1. The van der Waals surface area contributed by atoms with Crippen LogP contribution in [0.2, 0.25) is 0 Å². The number of rotatable bonds is 9. The molecule has 1 N–H and O–H groups in total. The van der Waals surface area contributed by atoms with Gasteiger partial charge in [0.15, 0.2) is 6.61 Å². The van der Waals surface area contributed by atoms with Crippen molar-refractivity contribution in [3.63, 3.8) is 0 Å². The van der Waals surface area contributed by atoms with Gasteiger partial charge in [-0.1, -0.05) is 43.0 Å². The van der Waals surface area contributed by atoms with Crippen LogP contribution in [0.25, 0.3) is 11.8 Å². The topological polar surface area (TPSA) is 91.6 Å². The maximum absolute atomic E-state index is 12.8. The molecule has 1 amide bonds. The Balaban J connectivity index is 1.57. The molecule has 0 aliphatic heterocycles. The highest BCUT2D eigenvalue weighted by Gasteiger charge is 2.18. The molecule has 0 saturated carbocycles. The molecule has 2 aromatic carbocycles. The van der Waals surface area contributed by atoms with Gasteiger partial charge in [0.1, 0.15) is 18.0 Å². The van der Waals surface area contributed by atoms with Gasteiger partial charge < -0.3 is 14.8 Å². The fourth-order valence-corrected chi connectivity index (χ4v) is 3.07. The fourth-order valence-electron chi connectivity index (χ4n) is 3.07. The number of benzene rings is 2. The Morgan fingerprint density at radius 1 is 1.09 bits per heavy atom. The molecule has 0 saturated heterocycles. The van der Waals surface area contributed by atoms with Gasteiger partial charge in [-0.05, 0) is 42.8 Å². The van der Waals surface area contributed by atoms with Gasteiger partial charge >= 0.3 is 5.97 Å². The predicted molar refractivity (Wildman–Crippen MR) is 127 cm³/mol. The van der Waals surface area contributed by atoms with Crippen molar-refractivity contribution in [2.75, 3.05) is 18.5 Å². The first-order chi connectivity index (χ1) is 15.9. The van der Waals surface area contributed by atoms with Crippen LogP contribution in [0.15, 0.2) is 78.1 Å². The van der Waals surface area contributed by atoms with Crippen molar-refractivity contribution in [2.24, 2.45) is 7.05 Å². The van der Waals surface area contributed by atoms with Crippen LogP contribution in [-0.2, 0) is 21.4 Å². The third kappa shape index (κ3) is 5.88. The molecule has 0 spiro atoms. The van der Waals surface area contributed by atoms with E-state index in [1.165, 1.54) is 10.8 Å². The zero-order chi connectivity index (χ0) is 23.8. The minimum absolute atomic E-state index is 0.136. The van der Waals surface area contributed by atoms with Gasteiger partial charge in [-0.3, -0.25) is 14.3 Å². The van der Waals surface area contributed by atoms with Crippen molar-refractivity contribution in [1.82, 2.24) is 9.36 Å². The van der Waals surface area contributed by atoms with Crippen molar-refractivity contribution in [3.05, 3.63) is 94.9 Å². The van der Waals surface area contributed by atoms with Crippen LogP contribution in [0, 0.1) is 6.92 Å². The molecule has 0 aliphatic rings. The zero-order valence-electron chi connectivity index (χ0n) is 18.5. The first-order valence-electron chi connectivity index (χ1n) is 10.2. The standard InChI is InChI=1S/C25H25N3O5/c1-4-16-32-21-13-10-19(11-14-21)12-15-23(30)33-17-22(29)26-24-18(2)27(3)28(25(24)31)20-8-6-5-7-9-20/h4-15H,1,16-17H2,2-3H3,(H,26,29)/b15-12-. The molecule has 170 valence electrons. The Bertz CT molecular complexity index is 1220. The number of hydrogen-bond donors (Lipinski definition) is 1. The molecule has 0 bridgehead atoms. The van der Waals surface area contributed by atoms with Crippen molar-refractivity contribution in [3.8, 4) is 11.4 Å². The molecule has 0 aliphatic carbocycles. The summed E-state index contributed by atoms with van der Waals surface area (Å²) in [6.45, 7) is 5.20. The van der Waals surface area contributed by atoms with Gasteiger partial charge in [-0.15, -0.1) is 0 Å². The lowest BCUT2D eigenvalue weighted by Crippen LogP contribution is -2.25. The normalized spacial score (nSPS) is 10.7. The fraction of sp³-hybridized carbons (Fsp3) is 0.160. The van der Waals surface area contributed by atoms with E-state index in [4.69, 9.17) is 9.47 Å². The summed E-state index contributed by atoms with van der Waals surface area (Å²) in [5.74, 6) is -0.594. The zero-order valence-corrected chi connectivity index (χ0v) is 18.5. The van der Waals surface area contributed by atoms with E-state index in [1.54, 1.807) is 67.2 Å². The largest absolute Gasteiger partial charge is 0.490 e. The molecule has 0 atom stereocenters. The van der Waals surface area contributed by atoms with Crippen molar-refractivity contribution >= 4 is 23.6 Å². The van der Waals surface area contributed by atoms with E-state index in [2.05, 4.69) is 11.9 Å². The Kier molecular flexibility index (Phi) is 7.64. The minimum Gasteiger partial charge on any atom is -0.490 e. The van der Waals surface area contributed by atoms with Crippen LogP contribution >= 0.6 is 0 Å². The summed E-state index contributed by atoms with van der Waals surface area (Å²) in [6, 6.07) is 16.2. The van der Waals surface area contributed by atoms with Gasteiger partial charge in [0.05, 0.1) is 11.4 Å². The average molecular weight is 447 g/mol. The second kappa shape index (κ2) is 10.8. The lowest BCUT2D eigenvalue weighted by atomic mass is 10.2. The average Bonchev–Trinajstić information content (AvgIpc) is 3.04. The molecule has 8 heteroatoms. The maximum atomic E-state index is 12.8. The summed E-state index contributed by atoms with van der Waals surface area (Å²) in [5, 5.41) is 2.55. The molecule has 1 aromatic heterocycles. The van der Waals surface area contributed by atoms with E-state index in [0.29, 0.717) is 23.7 Å². The highest BCUT2D eigenvalue weighted by Crippen LogP contribution is 2.14. The second-order valence-corrected chi connectivity index (χ2v) is 7.09. The van der Waals surface area contributed by atoms with Gasteiger partial charge in [0, 0.05) is 13.1 Å². The molecule has 33 heavy (non-hydrogen) atoms. The highest BCUT2D eigenvalue weighted by atomic mass is 16.5. The molecule has 0 fully saturated rings. The number of amides is 1. The van der Waals surface area contributed by atoms with Crippen LogP contribution in [-0.4, -0.2) is 34.5 Å². The molecule has 3 rings (SSSR count). The van der Waals surface area contributed by atoms with E-state index < -0.39 is 18.5 Å². The third-order valence-electron chi connectivity index (χ3n) is 4.82. The molecular formula is C25H25N3O5. The van der Waals surface area contributed by atoms with Crippen LogP contribution in [0.4, 0.5) is 5.69 Å². The minimum atomic E-state index is -0.677. The number of ether oxygens (including phenoxy) is 2. The number of aromatic nitrogens is 2. The van der Waals surface area contributed by atoms with E-state index in [1.807, 2.05) is 18.2 Å². The van der Waals surface area contributed by atoms with Gasteiger partial charge in [0.25, 0.3) is 11.5 Å². The summed E-state index contributed by atoms with van der Waals surface area (Å²) in [5.41, 5.74) is 1.77. The quantitative estimate of drug-likeness (QED) is 0.309. The second-order valence-electron chi connectivity index (χ2n) is 7.09. The smallest absolute Gasteiger partial charge is 0.331 e. The highest BCUT2D eigenvalue weighted by molar-refractivity contribution is 5.95. The Hall–Kier alpha value is -4.33. The van der Waals surface area contributed by atoms with E-state index in [9.17, 15) is 14.4 Å². The van der Waals surface area contributed by atoms with Crippen molar-refractivity contribution in [2.45, 2.75) is 6.92 Å². The van der Waals surface area contributed by atoms with Crippen LogP contribution < -0.4 is 15.6 Å². The van der Waals surface area contributed by atoms with E-state index in [0.717, 1.165) is 5.56 Å². The summed E-state index contributed by atoms with van der Waals surface area (Å²) in [6.07, 6.45) is 4.44. The van der Waals surface area contributed by atoms with E-state index in [-0.39, 0.29) is 11.2 Å². The summed E-state index contributed by atoms with van der Waals surface area (Å²) in [7, 11) is 1.72. The van der Waals surface area contributed by atoms with E-state index >= 15 is 0 Å². The SMILES string of the molecule is C=CCOc1ccc(/C=C\C(=O)OCC(=O)Nc2c(C)n(C)n(-c3ccccc3)c2=O)cc1. The van der Waals surface area contributed by atoms with Crippen LogP contribution in [0.1, 0.15) is 11.3 Å². The van der Waals surface area contributed by atoms with Gasteiger partial charge in [0.2, 0.25) is 0 Å². The summed E-state index contributed by atoms with van der Waals surface area (Å²) >= 11 is 0. The predicted octanol–water partition coefficient (Wildman–Crippen LogP) is 3.24. The Morgan fingerprint density at radius 2 is 1.79 bits per heavy atom. The summed E-state index contributed by atoms with van der Waals surface area (Å²) < 4.78 is 13.5. The molecule has 3 aromatic rings. The number of carbonyl (C=O) groups is 2. The molecule has 0 unspecified atom stereocenters.